The van der Waals surface area contributed by atoms with Crippen LogP contribution in [0.5, 0.6) is 0 Å². The summed E-state index contributed by atoms with van der Waals surface area (Å²) in [5, 5.41) is 10.8. The minimum Gasteiger partial charge on any atom is -0.481 e. The lowest BCUT2D eigenvalue weighted by molar-refractivity contribution is -0.137. The first-order valence-electron chi connectivity index (χ1n) is 7.41. The summed E-state index contributed by atoms with van der Waals surface area (Å²) in [5.41, 5.74) is 2.43. The monoisotopic (exact) mass is 292 g/mol. The predicted octanol–water partition coefficient (Wildman–Crippen LogP) is 3.85. The zero-order valence-corrected chi connectivity index (χ0v) is 12.4. The van der Waals surface area contributed by atoms with Crippen molar-refractivity contribution < 1.29 is 9.90 Å². The van der Waals surface area contributed by atoms with Gasteiger partial charge in [-0.2, -0.15) is 0 Å². The molecule has 1 aliphatic rings. The number of hydrogen-bond acceptors (Lipinski definition) is 3. The molecule has 0 spiro atoms. The number of aromatic nitrogens is 2. The Morgan fingerprint density at radius 1 is 1.40 bits per heavy atom. The minimum atomic E-state index is -0.718. The van der Waals surface area contributed by atoms with Gasteiger partial charge in [-0.25, -0.2) is 4.98 Å². The molecule has 2 aromatic rings. The average Bonchev–Trinajstić information content (AvgIpc) is 3.01. The summed E-state index contributed by atoms with van der Waals surface area (Å²) in [6, 6.07) is 0. The maximum absolute atomic E-state index is 10.6. The first-order chi connectivity index (χ1) is 9.74. The normalized spacial score (nSPS) is 16.8. The molecule has 0 saturated heterocycles. The zero-order chi connectivity index (χ0) is 13.9. The number of hydrogen-bond donors (Lipinski definition) is 1. The number of nitrogens with zero attached hydrogens (tertiary/aromatic N) is 2. The van der Waals surface area contributed by atoms with Gasteiger partial charge in [-0.05, 0) is 25.7 Å². The van der Waals surface area contributed by atoms with Crippen LogP contribution in [-0.4, -0.2) is 20.5 Å². The molecule has 0 amide bonds. The Morgan fingerprint density at radius 3 is 2.95 bits per heavy atom. The highest BCUT2D eigenvalue weighted by Gasteiger charge is 2.19. The van der Waals surface area contributed by atoms with Crippen LogP contribution in [0.15, 0.2) is 11.6 Å². The summed E-state index contributed by atoms with van der Waals surface area (Å²) in [6.07, 6.45) is 10.4. The van der Waals surface area contributed by atoms with Crippen molar-refractivity contribution in [2.75, 3.05) is 0 Å². The second-order valence-electron chi connectivity index (χ2n) is 5.63. The minimum absolute atomic E-state index is 0.238. The van der Waals surface area contributed by atoms with E-state index in [1.807, 2.05) is 0 Å². The van der Waals surface area contributed by atoms with E-state index < -0.39 is 5.97 Å². The number of rotatable bonds is 5. The van der Waals surface area contributed by atoms with Crippen molar-refractivity contribution in [1.29, 1.82) is 0 Å². The Labute approximate surface area is 122 Å². The fourth-order valence-corrected chi connectivity index (χ4v) is 3.96. The van der Waals surface area contributed by atoms with Gasteiger partial charge in [0.1, 0.15) is 0 Å². The Kier molecular flexibility index (Phi) is 4.05. The SMILES string of the molecule is O=C(O)CCCc1csc2nc(C3CCCCC3)cn12. The van der Waals surface area contributed by atoms with Gasteiger partial charge >= 0.3 is 5.97 Å². The van der Waals surface area contributed by atoms with Crippen LogP contribution in [-0.2, 0) is 11.2 Å². The number of aliphatic carboxylic acids is 1. The summed E-state index contributed by atoms with van der Waals surface area (Å²) >= 11 is 1.66. The van der Waals surface area contributed by atoms with E-state index in [2.05, 4.69) is 16.0 Å². The third-order valence-electron chi connectivity index (χ3n) is 4.15. The molecule has 1 aliphatic carbocycles. The van der Waals surface area contributed by atoms with Gasteiger partial charge in [-0.15, -0.1) is 11.3 Å². The molecule has 20 heavy (non-hydrogen) atoms. The number of carboxylic acid groups (broad SMARTS) is 1. The first-order valence-corrected chi connectivity index (χ1v) is 8.29. The largest absolute Gasteiger partial charge is 0.481 e. The highest BCUT2D eigenvalue weighted by atomic mass is 32.1. The standard InChI is InChI=1S/C15H20N2O2S/c18-14(19)8-4-7-12-10-20-15-16-13(9-17(12)15)11-5-2-1-3-6-11/h9-11H,1-8H2,(H,18,19). The molecule has 0 bridgehead atoms. The summed E-state index contributed by atoms with van der Waals surface area (Å²) in [4.78, 5) is 16.4. The third-order valence-corrected chi connectivity index (χ3v) is 5.04. The van der Waals surface area contributed by atoms with Crippen LogP contribution in [0.1, 0.15) is 62.3 Å². The van der Waals surface area contributed by atoms with E-state index in [0.29, 0.717) is 12.3 Å². The van der Waals surface area contributed by atoms with Gasteiger partial charge in [0.2, 0.25) is 0 Å². The molecule has 1 saturated carbocycles. The smallest absolute Gasteiger partial charge is 0.303 e. The van der Waals surface area contributed by atoms with Gasteiger partial charge in [0.25, 0.3) is 0 Å². The molecule has 0 radical (unpaired) electrons. The molecular formula is C15H20N2O2S. The predicted molar refractivity (Wildman–Crippen MR) is 79.5 cm³/mol. The summed E-state index contributed by atoms with van der Waals surface area (Å²) in [7, 11) is 0. The van der Waals surface area contributed by atoms with Crippen LogP contribution in [0.2, 0.25) is 0 Å². The van der Waals surface area contributed by atoms with Crippen molar-refractivity contribution in [2.45, 2.75) is 57.3 Å². The molecule has 0 aliphatic heterocycles. The molecule has 108 valence electrons. The third kappa shape index (κ3) is 2.87. The summed E-state index contributed by atoms with van der Waals surface area (Å²) < 4.78 is 2.16. The molecular weight excluding hydrogens is 272 g/mol. The van der Waals surface area contributed by atoms with E-state index in [0.717, 1.165) is 11.4 Å². The van der Waals surface area contributed by atoms with E-state index in [-0.39, 0.29) is 6.42 Å². The van der Waals surface area contributed by atoms with Crippen LogP contribution in [0.25, 0.3) is 4.96 Å². The molecule has 2 heterocycles. The lowest BCUT2D eigenvalue weighted by atomic mass is 9.87. The van der Waals surface area contributed by atoms with E-state index in [1.165, 1.54) is 43.5 Å². The average molecular weight is 292 g/mol. The fraction of sp³-hybridized carbons (Fsp3) is 0.600. The molecule has 0 atom stereocenters. The molecule has 0 aromatic carbocycles. The highest BCUT2D eigenvalue weighted by molar-refractivity contribution is 7.15. The number of aryl methyl sites for hydroxylation is 1. The van der Waals surface area contributed by atoms with Gasteiger partial charge in [-0.3, -0.25) is 9.20 Å². The van der Waals surface area contributed by atoms with Gasteiger partial charge < -0.3 is 5.11 Å². The first kappa shape index (κ1) is 13.6. The summed E-state index contributed by atoms with van der Waals surface area (Å²) in [6.45, 7) is 0. The van der Waals surface area contributed by atoms with Crippen LogP contribution >= 0.6 is 11.3 Å². The number of thiazole rings is 1. The van der Waals surface area contributed by atoms with E-state index in [1.54, 1.807) is 11.3 Å². The molecule has 5 heteroatoms. The van der Waals surface area contributed by atoms with Crippen LogP contribution in [0, 0.1) is 0 Å². The van der Waals surface area contributed by atoms with Crippen LogP contribution in [0.4, 0.5) is 0 Å². The molecule has 3 rings (SSSR count). The van der Waals surface area contributed by atoms with Gasteiger partial charge in [-0.1, -0.05) is 19.3 Å². The van der Waals surface area contributed by atoms with Gasteiger partial charge in [0, 0.05) is 29.6 Å². The quantitative estimate of drug-likeness (QED) is 0.910. The van der Waals surface area contributed by atoms with E-state index in [9.17, 15) is 4.79 Å². The molecule has 4 nitrogen and oxygen atoms in total. The second-order valence-corrected chi connectivity index (χ2v) is 6.46. The van der Waals surface area contributed by atoms with Crippen molar-refractivity contribution in [2.24, 2.45) is 0 Å². The zero-order valence-electron chi connectivity index (χ0n) is 11.5. The maximum Gasteiger partial charge on any atom is 0.303 e. The summed E-state index contributed by atoms with van der Waals surface area (Å²) in [5.74, 6) is -0.0901. The lowest BCUT2D eigenvalue weighted by Gasteiger charge is -2.19. The Morgan fingerprint density at radius 2 is 2.20 bits per heavy atom. The Balaban J connectivity index is 1.74. The molecule has 1 fully saturated rings. The topological polar surface area (TPSA) is 54.6 Å². The molecule has 1 N–H and O–H groups in total. The number of carbonyl (C=O) groups is 1. The molecule has 0 unspecified atom stereocenters. The molecule has 2 aromatic heterocycles. The van der Waals surface area contributed by atoms with Crippen LogP contribution in [0.3, 0.4) is 0 Å². The van der Waals surface area contributed by atoms with Crippen molar-refractivity contribution >= 4 is 22.3 Å². The van der Waals surface area contributed by atoms with Gasteiger partial charge in [0.15, 0.2) is 4.96 Å². The maximum atomic E-state index is 10.6. The number of fused-ring (bicyclic) bond motifs is 1. The van der Waals surface area contributed by atoms with Gasteiger partial charge in [0.05, 0.1) is 5.69 Å². The van der Waals surface area contributed by atoms with Crippen molar-refractivity contribution in [3.8, 4) is 0 Å². The van der Waals surface area contributed by atoms with Crippen molar-refractivity contribution in [3.05, 3.63) is 23.0 Å². The lowest BCUT2D eigenvalue weighted by Crippen LogP contribution is -2.04. The fourth-order valence-electron chi connectivity index (χ4n) is 3.04. The number of imidazole rings is 1. The van der Waals surface area contributed by atoms with Crippen molar-refractivity contribution in [3.63, 3.8) is 0 Å². The highest BCUT2D eigenvalue weighted by Crippen LogP contribution is 2.33. The van der Waals surface area contributed by atoms with Crippen molar-refractivity contribution in [1.82, 2.24) is 9.38 Å². The van der Waals surface area contributed by atoms with E-state index >= 15 is 0 Å². The van der Waals surface area contributed by atoms with E-state index in [4.69, 9.17) is 10.1 Å². The number of carboxylic acids is 1. The Hall–Kier alpha value is -1.36. The van der Waals surface area contributed by atoms with Crippen LogP contribution < -0.4 is 0 Å². The Bertz CT molecular complexity index is 596. The second kappa shape index (κ2) is 5.95.